The Morgan fingerprint density at radius 2 is 1.98 bits per heavy atom. The Morgan fingerprint density at radius 1 is 1.12 bits per heavy atom. The molecule has 0 spiro atoms. The number of hydrogen-bond donors (Lipinski definition) is 1. The number of carbonyl (C=O) groups excluding carboxylic acids is 3. The number of nitrogens with one attached hydrogen (secondary N) is 1. The topological polar surface area (TPSA) is 137 Å². The third-order valence-corrected chi connectivity index (χ3v) is 7.81. The van der Waals surface area contributed by atoms with Crippen molar-refractivity contribution in [2.24, 2.45) is 5.92 Å². The van der Waals surface area contributed by atoms with E-state index in [0.29, 0.717) is 53.9 Å². The van der Waals surface area contributed by atoms with Crippen LogP contribution in [0.1, 0.15) is 34.1 Å². The molecule has 3 aromatic rings. The van der Waals surface area contributed by atoms with Crippen molar-refractivity contribution < 1.29 is 33.3 Å². The minimum absolute atomic E-state index is 0.0506. The molecule has 2 bridgehead atoms. The quantitative estimate of drug-likeness (QED) is 0.491. The molecular formula is C29H32N6O7. The summed E-state index contributed by atoms with van der Waals surface area (Å²) in [6, 6.07) is 10.4. The van der Waals surface area contributed by atoms with E-state index in [-0.39, 0.29) is 62.5 Å². The number of methoxy groups -OCH3 is 1. The SMILES string of the molecule is COc1cccc2c1OCc1cn(nn1)[C@@H]1CN(C(=O)Cc3ccc4c(c3)OCO4)C[C@@H]1CC(=O)NCCN(C)C2=O. The first kappa shape index (κ1) is 27.4. The predicted molar refractivity (Wildman–Crippen MR) is 147 cm³/mol. The summed E-state index contributed by atoms with van der Waals surface area (Å²) in [6.45, 7) is 1.59. The minimum Gasteiger partial charge on any atom is -0.493 e. The van der Waals surface area contributed by atoms with Gasteiger partial charge in [-0.25, -0.2) is 4.68 Å². The highest BCUT2D eigenvalue weighted by Crippen LogP contribution is 2.35. The summed E-state index contributed by atoms with van der Waals surface area (Å²) in [7, 11) is 3.18. The highest BCUT2D eigenvalue weighted by Gasteiger charge is 2.38. The molecule has 6 rings (SSSR count). The molecule has 220 valence electrons. The smallest absolute Gasteiger partial charge is 0.257 e. The molecule has 0 aliphatic carbocycles. The van der Waals surface area contributed by atoms with Gasteiger partial charge in [-0.15, -0.1) is 5.10 Å². The van der Waals surface area contributed by atoms with Crippen LogP contribution in [0.3, 0.4) is 0 Å². The average molecular weight is 577 g/mol. The summed E-state index contributed by atoms with van der Waals surface area (Å²) in [4.78, 5) is 42.9. The Hall–Kier alpha value is -4.81. The van der Waals surface area contributed by atoms with Crippen molar-refractivity contribution >= 4 is 17.7 Å². The molecule has 0 saturated carbocycles. The molecule has 0 unspecified atom stereocenters. The lowest BCUT2D eigenvalue weighted by molar-refractivity contribution is -0.130. The number of benzene rings is 2. The summed E-state index contributed by atoms with van der Waals surface area (Å²) in [5.41, 5.74) is 1.70. The second-order valence-electron chi connectivity index (χ2n) is 10.6. The molecule has 3 amide bonds. The van der Waals surface area contributed by atoms with Crippen LogP contribution in [0.5, 0.6) is 23.0 Å². The fourth-order valence-corrected chi connectivity index (χ4v) is 5.56. The van der Waals surface area contributed by atoms with Gasteiger partial charge in [-0.3, -0.25) is 14.4 Å². The fraction of sp³-hybridized carbons (Fsp3) is 0.414. The molecule has 13 nitrogen and oxygen atoms in total. The maximum atomic E-state index is 13.4. The number of aromatic nitrogens is 3. The van der Waals surface area contributed by atoms with E-state index in [1.54, 1.807) is 47.1 Å². The normalized spacial score (nSPS) is 20.4. The molecule has 1 fully saturated rings. The first-order valence-corrected chi connectivity index (χ1v) is 13.8. The van der Waals surface area contributed by atoms with E-state index >= 15 is 0 Å². The summed E-state index contributed by atoms with van der Waals surface area (Å²) in [5.74, 6) is 1.36. The molecule has 1 N–H and O–H groups in total. The molecule has 2 atom stereocenters. The van der Waals surface area contributed by atoms with Crippen LogP contribution in [-0.2, 0) is 22.6 Å². The van der Waals surface area contributed by atoms with E-state index in [2.05, 4.69) is 15.6 Å². The van der Waals surface area contributed by atoms with Crippen LogP contribution in [0.2, 0.25) is 0 Å². The molecule has 13 heteroatoms. The Kier molecular flexibility index (Phi) is 7.55. The summed E-state index contributed by atoms with van der Waals surface area (Å²) in [5, 5.41) is 11.5. The van der Waals surface area contributed by atoms with Crippen LogP contribution in [-0.4, -0.2) is 89.6 Å². The monoisotopic (exact) mass is 576 g/mol. The van der Waals surface area contributed by atoms with E-state index < -0.39 is 0 Å². The zero-order chi connectivity index (χ0) is 29.2. The minimum atomic E-state index is -0.263. The lowest BCUT2D eigenvalue weighted by atomic mass is 9.99. The number of carbonyl (C=O) groups is 3. The van der Waals surface area contributed by atoms with E-state index in [1.165, 1.54) is 12.0 Å². The number of fused-ring (bicyclic) bond motifs is 6. The molecule has 0 radical (unpaired) electrons. The van der Waals surface area contributed by atoms with E-state index in [0.717, 1.165) is 5.56 Å². The van der Waals surface area contributed by atoms with Crippen molar-refractivity contribution in [2.75, 3.05) is 47.1 Å². The van der Waals surface area contributed by atoms with Gasteiger partial charge in [-0.1, -0.05) is 17.3 Å². The third-order valence-electron chi connectivity index (χ3n) is 7.81. The Balaban J connectivity index is 1.23. The number of likely N-dealkylation sites (tertiary alicyclic amines) is 1. The Labute approximate surface area is 242 Å². The first-order valence-electron chi connectivity index (χ1n) is 13.8. The van der Waals surface area contributed by atoms with Gasteiger partial charge in [0.05, 0.1) is 31.3 Å². The number of nitrogens with zero attached hydrogens (tertiary/aromatic N) is 5. The number of para-hydroxylation sites is 1. The molecule has 3 aliphatic heterocycles. The maximum Gasteiger partial charge on any atom is 0.257 e. The average Bonchev–Trinajstić information content (AvgIpc) is 3.74. The standard InChI is InChI=1S/C29H32N6O7/c1-33-9-8-30-26(36)12-19-13-34(27(37)11-18-6-7-23-25(10-18)42-17-41-23)15-22(19)35-14-20(31-32-35)16-40-28-21(29(33)38)4-3-5-24(28)39-2/h3-7,10,14,19,22H,8-9,11-13,15-17H2,1-2H3,(H,30,36)/t19-,22+/m0/s1. The number of ether oxygens (including phenoxy) is 4. The first-order chi connectivity index (χ1) is 20.4. The number of hydrogen-bond acceptors (Lipinski definition) is 9. The highest BCUT2D eigenvalue weighted by molar-refractivity contribution is 5.97. The molecule has 2 aromatic carbocycles. The van der Waals surface area contributed by atoms with E-state index in [9.17, 15) is 14.4 Å². The Morgan fingerprint density at radius 3 is 2.83 bits per heavy atom. The molecular weight excluding hydrogens is 544 g/mol. The lowest BCUT2D eigenvalue weighted by Gasteiger charge is -2.21. The largest absolute Gasteiger partial charge is 0.493 e. The van der Waals surface area contributed by atoms with Crippen LogP contribution in [0, 0.1) is 5.92 Å². The molecule has 1 aromatic heterocycles. The summed E-state index contributed by atoms with van der Waals surface area (Å²) < 4.78 is 24.1. The van der Waals surface area contributed by atoms with Gasteiger partial charge in [0.25, 0.3) is 5.91 Å². The van der Waals surface area contributed by atoms with E-state index in [1.807, 2.05) is 12.1 Å². The van der Waals surface area contributed by atoms with Gasteiger partial charge in [0.1, 0.15) is 12.3 Å². The molecule has 1 saturated heterocycles. The van der Waals surface area contributed by atoms with Crippen molar-refractivity contribution in [1.29, 1.82) is 0 Å². The van der Waals surface area contributed by atoms with Gasteiger partial charge >= 0.3 is 0 Å². The molecule has 3 aliphatic rings. The van der Waals surface area contributed by atoms with Crippen LogP contribution < -0.4 is 24.3 Å². The second kappa shape index (κ2) is 11.6. The lowest BCUT2D eigenvalue weighted by Crippen LogP contribution is -2.37. The van der Waals surface area contributed by atoms with Gasteiger partial charge < -0.3 is 34.1 Å². The van der Waals surface area contributed by atoms with Crippen molar-refractivity contribution in [3.63, 3.8) is 0 Å². The maximum absolute atomic E-state index is 13.4. The second-order valence-corrected chi connectivity index (χ2v) is 10.6. The van der Waals surface area contributed by atoms with Crippen LogP contribution in [0.15, 0.2) is 42.6 Å². The molecule has 4 heterocycles. The van der Waals surface area contributed by atoms with Gasteiger partial charge in [0.2, 0.25) is 18.6 Å². The van der Waals surface area contributed by atoms with Crippen molar-refractivity contribution in [2.45, 2.75) is 25.5 Å². The Bertz CT molecular complexity index is 1510. The number of likely N-dealkylation sites (N-methyl/N-ethyl adjacent to an activating group) is 1. The zero-order valence-corrected chi connectivity index (χ0v) is 23.4. The van der Waals surface area contributed by atoms with Crippen molar-refractivity contribution in [1.82, 2.24) is 30.1 Å². The van der Waals surface area contributed by atoms with Crippen molar-refractivity contribution in [3.8, 4) is 23.0 Å². The molecule has 42 heavy (non-hydrogen) atoms. The highest BCUT2D eigenvalue weighted by atomic mass is 16.7. The van der Waals surface area contributed by atoms with Crippen LogP contribution in [0.25, 0.3) is 0 Å². The van der Waals surface area contributed by atoms with Gasteiger partial charge in [0.15, 0.2) is 23.0 Å². The summed E-state index contributed by atoms with van der Waals surface area (Å²) in [6.07, 6.45) is 2.15. The zero-order valence-electron chi connectivity index (χ0n) is 23.4. The number of amides is 3. The summed E-state index contributed by atoms with van der Waals surface area (Å²) >= 11 is 0. The van der Waals surface area contributed by atoms with Crippen LogP contribution in [0.4, 0.5) is 0 Å². The fourth-order valence-electron chi connectivity index (χ4n) is 5.56. The third kappa shape index (κ3) is 5.54. The van der Waals surface area contributed by atoms with Crippen molar-refractivity contribution in [3.05, 3.63) is 59.4 Å². The van der Waals surface area contributed by atoms with Gasteiger partial charge in [0, 0.05) is 45.6 Å². The van der Waals surface area contributed by atoms with Crippen LogP contribution >= 0.6 is 0 Å². The van der Waals surface area contributed by atoms with Gasteiger partial charge in [-0.2, -0.15) is 0 Å². The number of rotatable bonds is 3. The van der Waals surface area contributed by atoms with E-state index in [4.69, 9.17) is 18.9 Å². The predicted octanol–water partition coefficient (Wildman–Crippen LogP) is 1.43. The van der Waals surface area contributed by atoms with Gasteiger partial charge in [-0.05, 0) is 29.8 Å².